The van der Waals surface area contributed by atoms with Gasteiger partial charge in [-0.1, -0.05) is 30.3 Å². The van der Waals surface area contributed by atoms with Crippen molar-refractivity contribution in [1.82, 2.24) is 10.2 Å². The number of methoxy groups -OCH3 is 1. The molecule has 5 heteroatoms. The molecule has 1 heterocycles. The summed E-state index contributed by atoms with van der Waals surface area (Å²) in [5.74, 6) is 2.47. The zero-order valence-corrected chi connectivity index (χ0v) is 16.3. The molecule has 0 saturated carbocycles. The fourth-order valence-corrected chi connectivity index (χ4v) is 3.51. The van der Waals surface area contributed by atoms with Crippen LogP contribution in [0.25, 0.3) is 0 Å². The SMILES string of the molecule is CN=C(NCCCNc1ccccc1)N1CCC(c2ccc(OC)cc2)C1. The van der Waals surface area contributed by atoms with E-state index >= 15 is 0 Å². The summed E-state index contributed by atoms with van der Waals surface area (Å²) >= 11 is 0. The molecule has 1 aliphatic heterocycles. The third-order valence-corrected chi connectivity index (χ3v) is 5.03. The smallest absolute Gasteiger partial charge is 0.193 e. The number of rotatable bonds is 7. The van der Waals surface area contributed by atoms with Crippen LogP contribution in [-0.4, -0.2) is 51.2 Å². The number of benzene rings is 2. The van der Waals surface area contributed by atoms with Gasteiger partial charge in [0.05, 0.1) is 7.11 Å². The molecule has 0 aromatic heterocycles. The number of hydrogen-bond donors (Lipinski definition) is 2. The number of aliphatic imine (C=N–C) groups is 1. The number of nitrogens with one attached hydrogen (secondary N) is 2. The number of likely N-dealkylation sites (tertiary alicyclic amines) is 1. The molecular weight excluding hydrogens is 336 g/mol. The molecule has 0 spiro atoms. The van der Waals surface area contributed by atoms with Crippen molar-refractivity contribution in [3.8, 4) is 5.75 Å². The number of hydrogen-bond acceptors (Lipinski definition) is 3. The van der Waals surface area contributed by atoms with Gasteiger partial charge in [0.25, 0.3) is 0 Å². The highest BCUT2D eigenvalue weighted by molar-refractivity contribution is 5.80. The molecular formula is C22H30N4O. The van der Waals surface area contributed by atoms with Crippen molar-refractivity contribution in [3.63, 3.8) is 0 Å². The van der Waals surface area contributed by atoms with Crippen LogP contribution in [0.1, 0.15) is 24.3 Å². The van der Waals surface area contributed by atoms with E-state index in [1.165, 1.54) is 11.3 Å². The van der Waals surface area contributed by atoms with E-state index < -0.39 is 0 Å². The Hall–Kier alpha value is -2.69. The third-order valence-electron chi connectivity index (χ3n) is 5.03. The topological polar surface area (TPSA) is 48.9 Å². The van der Waals surface area contributed by atoms with Crippen molar-refractivity contribution in [2.45, 2.75) is 18.8 Å². The van der Waals surface area contributed by atoms with Crippen LogP contribution in [0.4, 0.5) is 5.69 Å². The Morgan fingerprint density at radius 2 is 1.89 bits per heavy atom. The Bertz CT molecular complexity index is 715. The minimum absolute atomic E-state index is 0.550. The molecule has 2 aromatic rings. The van der Waals surface area contributed by atoms with Gasteiger partial charge >= 0.3 is 0 Å². The lowest BCUT2D eigenvalue weighted by atomic mass is 9.98. The van der Waals surface area contributed by atoms with Crippen LogP contribution in [0.15, 0.2) is 59.6 Å². The van der Waals surface area contributed by atoms with Gasteiger partial charge in [-0.05, 0) is 42.7 Å². The molecule has 2 aromatic carbocycles. The Morgan fingerprint density at radius 3 is 2.59 bits per heavy atom. The van der Waals surface area contributed by atoms with Crippen molar-refractivity contribution in [2.75, 3.05) is 45.7 Å². The van der Waals surface area contributed by atoms with Crippen molar-refractivity contribution in [2.24, 2.45) is 4.99 Å². The lowest BCUT2D eigenvalue weighted by molar-refractivity contribution is 0.414. The standard InChI is InChI=1S/C22H30N4O/c1-23-22(25-15-6-14-24-20-7-4-3-5-8-20)26-16-13-19(17-26)18-9-11-21(27-2)12-10-18/h3-5,7-12,19,24H,6,13-17H2,1-2H3,(H,23,25). The van der Waals surface area contributed by atoms with E-state index in [9.17, 15) is 0 Å². The van der Waals surface area contributed by atoms with Crippen LogP contribution in [-0.2, 0) is 0 Å². The van der Waals surface area contributed by atoms with Gasteiger partial charge in [0.15, 0.2) is 5.96 Å². The minimum atomic E-state index is 0.550. The molecule has 1 fully saturated rings. The Labute approximate surface area is 162 Å². The lowest BCUT2D eigenvalue weighted by Crippen LogP contribution is -2.40. The highest BCUT2D eigenvalue weighted by Gasteiger charge is 2.25. The second-order valence-corrected chi connectivity index (χ2v) is 6.83. The van der Waals surface area contributed by atoms with Crippen LogP contribution >= 0.6 is 0 Å². The molecule has 1 unspecified atom stereocenters. The Morgan fingerprint density at radius 1 is 1.11 bits per heavy atom. The molecule has 2 N–H and O–H groups in total. The first-order valence-electron chi connectivity index (χ1n) is 9.68. The van der Waals surface area contributed by atoms with Crippen LogP contribution in [0.2, 0.25) is 0 Å². The molecule has 1 atom stereocenters. The largest absolute Gasteiger partial charge is 0.497 e. The predicted molar refractivity (Wildman–Crippen MR) is 113 cm³/mol. The van der Waals surface area contributed by atoms with Crippen molar-refractivity contribution < 1.29 is 4.74 Å². The van der Waals surface area contributed by atoms with Gasteiger partial charge in [0.2, 0.25) is 0 Å². The maximum absolute atomic E-state index is 5.26. The van der Waals surface area contributed by atoms with Crippen molar-refractivity contribution in [3.05, 3.63) is 60.2 Å². The number of ether oxygens (including phenoxy) is 1. The molecule has 3 rings (SSSR count). The van der Waals surface area contributed by atoms with E-state index in [1.54, 1.807) is 7.11 Å². The zero-order valence-electron chi connectivity index (χ0n) is 16.3. The van der Waals surface area contributed by atoms with E-state index in [-0.39, 0.29) is 0 Å². The van der Waals surface area contributed by atoms with Gasteiger partial charge in [-0.2, -0.15) is 0 Å². The summed E-state index contributed by atoms with van der Waals surface area (Å²) in [5, 5.41) is 6.94. The normalized spacial score (nSPS) is 17.0. The average Bonchev–Trinajstić information content (AvgIpc) is 3.21. The van der Waals surface area contributed by atoms with Crippen molar-refractivity contribution >= 4 is 11.6 Å². The second kappa shape index (κ2) is 9.86. The van der Waals surface area contributed by atoms with E-state index in [0.29, 0.717) is 5.92 Å². The molecule has 1 aliphatic rings. The maximum atomic E-state index is 5.26. The van der Waals surface area contributed by atoms with E-state index in [4.69, 9.17) is 4.74 Å². The second-order valence-electron chi connectivity index (χ2n) is 6.83. The van der Waals surface area contributed by atoms with Gasteiger partial charge in [-0.25, -0.2) is 0 Å². The molecule has 0 amide bonds. The van der Waals surface area contributed by atoms with Crippen LogP contribution in [0.5, 0.6) is 5.75 Å². The maximum Gasteiger partial charge on any atom is 0.193 e. The summed E-state index contributed by atoms with van der Waals surface area (Å²) in [7, 11) is 3.57. The minimum Gasteiger partial charge on any atom is -0.497 e. The number of para-hydroxylation sites is 1. The number of nitrogens with zero attached hydrogens (tertiary/aromatic N) is 2. The van der Waals surface area contributed by atoms with Gasteiger partial charge in [-0.15, -0.1) is 0 Å². The van der Waals surface area contributed by atoms with E-state index in [2.05, 4.69) is 56.9 Å². The highest BCUT2D eigenvalue weighted by Crippen LogP contribution is 2.28. The van der Waals surface area contributed by atoms with Crippen molar-refractivity contribution in [1.29, 1.82) is 0 Å². The first-order valence-corrected chi connectivity index (χ1v) is 9.68. The molecule has 144 valence electrons. The predicted octanol–water partition coefficient (Wildman–Crippen LogP) is 3.56. The summed E-state index contributed by atoms with van der Waals surface area (Å²) in [6, 6.07) is 18.8. The summed E-state index contributed by atoms with van der Waals surface area (Å²) in [6.45, 7) is 3.91. The molecule has 5 nitrogen and oxygen atoms in total. The summed E-state index contributed by atoms with van der Waals surface area (Å²) in [5.41, 5.74) is 2.55. The Balaban J connectivity index is 1.41. The number of guanidine groups is 1. The summed E-state index contributed by atoms with van der Waals surface area (Å²) in [6.07, 6.45) is 2.20. The fraction of sp³-hybridized carbons (Fsp3) is 0.409. The monoisotopic (exact) mass is 366 g/mol. The zero-order chi connectivity index (χ0) is 18.9. The molecule has 0 aliphatic carbocycles. The first-order chi connectivity index (χ1) is 13.3. The molecule has 0 bridgehead atoms. The van der Waals surface area contributed by atoms with E-state index in [0.717, 1.165) is 50.7 Å². The first kappa shape index (κ1) is 19.1. The highest BCUT2D eigenvalue weighted by atomic mass is 16.5. The van der Waals surface area contributed by atoms with Crippen LogP contribution in [0.3, 0.4) is 0 Å². The third kappa shape index (κ3) is 5.39. The van der Waals surface area contributed by atoms with Crippen LogP contribution < -0.4 is 15.4 Å². The van der Waals surface area contributed by atoms with Crippen LogP contribution in [0, 0.1) is 0 Å². The number of anilines is 1. The summed E-state index contributed by atoms with van der Waals surface area (Å²) < 4.78 is 5.26. The van der Waals surface area contributed by atoms with Gasteiger partial charge in [-0.3, -0.25) is 4.99 Å². The van der Waals surface area contributed by atoms with Gasteiger partial charge < -0.3 is 20.3 Å². The van der Waals surface area contributed by atoms with Gasteiger partial charge in [0.1, 0.15) is 5.75 Å². The van der Waals surface area contributed by atoms with E-state index in [1.807, 2.05) is 25.2 Å². The molecule has 0 radical (unpaired) electrons. The average molecular weight is 367 g/mol. The Kier molecular flexibility index (Phi) is 6.97. The quantitative estimate of drug-likeness (QED) is 0.447. The van der Waals surface area contributed by atoms with Gasteiger partial charge in [0, 0.05) is 44.8 Å². The molecule has 27 heavy (non-hydrogen) atoms. The summed E-state index contributed by atoms with van der Waals surface area (Å²) in [4.78, 5) is 6.83. The lowest BCUT2D eigenvalue weighted by Gasteiger charge is -2.22. The fourth-order valence-electron chi connectivity index (χ4n) is 3.51. The molecule has 1 saturated heterocycles.